The number of aromatic nitrogens is 2. The van der Waals surface area contributed by atoms with Gasteiger partial charge in [-0.05, 0) is 37.1 Å². The Balaban J connectivity index is 1.39. The van der Waals surface area contributed by atoms with Crippen molar-refractivity contribution in [2.75, 3.05) is 23.3 Å². The fraction of sp³-hybridized carbons (Fsp3) is 0.286. The zero-order valence-electron chi connectivity index (χ0n) is 17.1. The van der Waals surface area contributed by atoms with Gasteiger partial charge in [0.1, 0.15) is 11.4 Å². The summed E-state index contributed by atoms with van der Waals surface area (Å²) in [5.74, 6) is -0.546. The summed E-state index contributed by atoms with van der Waals surface area (Å²) in [5.41, 5.74) is -0.203. The number of anilines is 2. The van der Waals surface area contributed by atoms with E-state index >= 15 is 0 Å². The summed E-state index contributed by atoms with van der Waals surface area (Å²) in [6, 6.07) is 7.96. The first-order valence-corrected chi connectivity index (χ1v) is 10.9. The first kappa shape index (κ1) is 22.6. The number of nitrogens with one attached hydrogen (secondary N) is 1. The number of nitrogens with zero attached hydrogens (tertiary/aromatic N) is 4. The Morgan fingerprint density at radius 2 is 1.94 bits per heavy atom. The topological polar surface area (TPSA) is 101 Å². The van der Waals surface area contributed by atoms with Gasteiger partial charge in [0.2, 0.25) is 5.91 Å². The zero-order valence-corrected chi connectivity index (χ0v) is 17.9. The fourth-order valence-electron chi connectivity index (χ4n) is 3.67. The summed E-state index contributed by atoms with van der Waals surface area (Å²) in [4.78, 5) is 33.5. The lowest BCUT2D eigenvalue weighted by Gasteiger charge is -2.32. The molecule has 4 rings (SSSR count). The molecule has 0 bridgehead atoms. The summed E-state index contributed by atoms with van der Waals surface area (Å²) in [7, 11) is 0. The Morgan fingerprint density at radius 1 is 1.18 bits per heavy atom. The Kier molecular flexibility index (Phi) is 6.27. The maximum atomic E-state index is 12.9. The van der Waals surface area contributed by atoms with Crippen molar-refractivity contribution >= 4 is 33.8 Å². The minimum absolute atomic E-state index is 0.117. The van der Waals surface area contributed by atoms with E-state index in [0.29, 0.717) is 48.5 Å². The van der Waals surface area contributed by atoms with Crippen molar-refractivity contribution in [2.45, 2.75) is 19.0 Å². The maximum absolute atomic E-state index is 12.9. The second kappa shape index (κ2) is 9.14. The molecule has 1 N–H and O–H groups in total. The molecule has 0 atom stereocenters. The van der Waals surface area contributed by atoms with E-state index in [1.165, 1.54) is 11.3 Å². The zero-order chi connectivity index (χ0) is 23.6. The standard InChI is InChI=1S/C21H18F3N5O3S/c22-21(23,24)14-4-5-17(18(11-14)29(31)32)28-9-6-13(7-10-28)19(30)27-20-26-16(12-33-20)15-3-1-2-8-25-15/h1-5,8,11-13H,6-7,9-10H2,(H,26,27,30). The Labute approximate surface area is 190 Å². The number of benzene rings is 1. The molecule has 2 aromatic heterocycles. The smallest absolute Gasteiger partial charge is 0.366 e. The molecule has 1 amide bonds. The van der Waals surface area contributed by atoms with Crippen molar-refractivity contribution in [1.29, 1.82) is 0 Å². The van der Waals surface area contributed by atoms with Crippen LogP contribution in [-0.2, 0) is 11.0 Å². The molecule has 12 heteroatoms. The molecule has 1 fully saturated rings. The van der Waals surface area contributed by atoms with Crippen LogP contribution in [0, 0.1) is 16.0 Å². The molecule has 1 aliphatic rings. The molecule has 0 radical (unpaired) electrons. The van der Waals surface area contributed by atoms with Gasteiger partial charge in [0.15, 0.2) is 5.13 Å². The first-order chi connectivity index (χ1) is 15.7. The number of carbonyl (C=O) groups is 1. The van der Waals surface area contributed by atoms with Crippen molar-refractivity contribution in [3.05, 3.63) is 63.7 Å². The molecule has 8 nitrogen and oxygen atoms in total. The van der Waals surface area contributed by atoms with Crippen LogP contribution < -0.4 is 10.2 Å². The number of hydrogen-bond donors (Lipinski definition) is 1. The highest BCUT2D eigenvalue weighted by atomic mass is 32.1. The van der Waals surface area contributed by atoms with Crippen molar-refractivity contribution in [1.82, 2.24) is 9.97 Å². The van der Waals surface area contributed by atoms with E-state index in [1.54, 1.807) is 22.5 Å². The maximum Gasteiger partial charge on any atom is 0.416 e. The van der Waals surface area contributed by atoms with E-state index in [-0.39, 0.29) is 17.5 Å². The van der Waals surface area contributed by atoms with E-state index in [0.717, 1.165) is 12.1 Å². The van der Waals surface area contributed by atoms with E-state index in [1.807, 2.05) is 12.1 Å². The van der Waals surface area contributed by atoms with E-state index < -0.39 is 22.4 Å². The van der Waals surface area contributed by atoms with Crippen LogP contribution in [0.4, 0.5) is 29.7 Å². The molecular weight excluding hydrogens is 459 g/mol. The lowest BCUT2D eigenvalue weighted by Crippen LogP contribution is -2.38. The minimum Gasteiger partial charge on any atom is -0.366 e. The third-order valence-corrected chi connectivity index (χ3v) is 6.13. The fourth-order valence-corrected chi connectivity index (χ4v) is 4.37. The molecule has 1 aliphatic heterocycles. The first-order valence-electron chi connectivity index (χ1n) is 10.0. The van der Waals surface area contributed by atoms with Crippen molar-refractivity contribution in [3.8, 4) is 11.4 Å². The van der Waals surface area contributed by atoms with Gasteiger partial charge in [0.25, 0.3) is 5.69 Å². The minimum atomic E-state index is -4.67. The van der Waals surface area contributed by atoms with Gasteiger partial charge in [0, 0.05) is 36.7 Å². The molecule has 1 aromatic carbocycles. The highest BCUT2D eigenvalue weighted by Crippen LogP contribution is 2.38. The summed E-state index contributed by atoms with van der Waals surface area (Å²) >= 11 is 1.28. The van der Waals surface area contributed by atoms with Crippen molar-refractivity contribution < 1.29 is 22.9 Å². The van der Waals surface area contributed by atoms with Crippen molar-refractivity contribution in [3.63, 3.8) is 0 Å². The average molecular weight is 477 g/mol. The van der Waals surface area contributed by atoms with Gasteiger partial charge in [-0.25, -0.2) is 4.98 Å². The number of alkyl halides is 3. The van der Waals surface area contributed by atoms with Crippen LogP contribution in [-0.4, -0.2) is 33.9 Å². The summed E-state index contributed by atoms with van der Waals surface area (Å²) < 4.78 is 38.8. The molecule has 0 spiro atoms. The lowest BCUT2D eigenvalue weighted by atomic mass is 9.95. The van der Waals surface area contributed by atoms with Gasteiger partial charge in [0.05, 0.1) is 16.2 Å². The molecule has 1 saturated heterocycles. The number of halogens is 3. The number of rotatable bonds is 5. The summed E-state index contributed by atoms with van der Waals surface area (Å²) in [5, 5.41) is 16.4. The second-order valence-electron chi connectivity index (χ2n) is 7.46. The van der Waals surface area contributed by atoms with Crippen LogP contribution in [0.1, 0.15) is 18.4 Å². The molecule has 33 heavy (non-hydrogen) atoms. The lowest BCUT2D eigenvalue weighted by molar-refractivity contribution is -0.384. The van der Waals surface area contributed by atoms with Crippen LogP contribution in [0.15, 0.2) is 48.0 Å². The molecule has 0 aliphatic carbocycles. The Morgan fingerprint density at radius 3 is 2.58 bits per heavy atom. The quantitative estimate of drug-likeness (QED) is 0.411. The van der Waals surface area contributed by atoms with Crippen LogP contribution in [0.2, 0.25) is 0 Å². The number of pyridine rings is 1. The molecule has 0 saturated carbocycles. The molecule has 0 unspecified atom stereocenters. The predicted molar refractivity (Wildman–Crippen MR) is 117 cm³/mol. The van der Waals surface area contributed by atoms with Gasteiger partial charge < -0.3 is 10.2 Å². The monoisotopic (exact) mass is 477 g/mol. The van der Waals surface area contributed by atoms with E-state index in [4.69, 9.17) is 0 Å². The van der Waals surface area contributed by atoms with E-state index in [2.05, 4.69) is 15.3 Å². The van der Waals surface area contributed by atoms with Gasteiger partial charge >= 0.3 is 6.18 Å². The van der Waals surface area contributed by atoms with Crippen LogP contribution in [0.5, 0.6) is 0 Å². The summed E-state index contributed by atoms with van der Waals surface area (Å²) in [6.07, 6.45) is -2.20. The Bertz CT molecular complexity index is 1160. The van der Waals surface area contributed by atoms with Gasteiger partial charge in [-0.3, -0.25) is 19.9 Å². The van der Waals surface area contributed by atoms with Gasteiger partial charge in [-0.15, -0.1) is 11.3 Å². The van der Waals surface area contributed by atoms with Crippen LogP contribution >= 0.6 is 11.3 Å². The molecule has 3 aromatic rings. The van der Waals surface area contributed by atoms with Gasteiger partial charge in [-0.1, -0.05) is 6.07 Å². The molecule has 3 heterocycles. The number of nitro benzene ring substituents is 1. The molecular formula is C21H18F3N5O3S. The number of carbonyl (C=O) groups excluding carboxylic acids is 1. The number of amides is 1. The van der Waals surface area contributed by atoms with Crippen LogP contribution in [0.3, 0.4) is 0 Å². The Hall–Kier alpha value is -3.54. The predicted octanol–water partition coefficient (Wildman–Crippen LogP) is 4.99. The summed E-state index contributed by atoms with van der Waals surface area (Å²) in [6.45, 7) is 0.614. The SMILES string of the molecule is O=C(Nc1nc(-c2ccccn2)cs1)C1CCN(c2ccc(C(F)(F)F)cc2[N+](=O)[O-])CC1. The van der Waals surface area contributed by atoms with Crippen LogP contribution in [0.25, 0.3) is 11.4 Å². The number of hydrogen-bond acceptors (Lipinski definition) is 7. The highest BCUT2D eigenvalue weighted by molar-refractivity contribution is 7.14. The third-order valence-electron chi connectivity index (χ3n) is 5.37. The number of thiazole rings is 1. The van der Waals surface area contributed by atoms with Gasteiger partial charge in [-0.2, -0.15) is 13.2 Å². The third kappa shape index (κ3) is 5.11. The normalized spacial score (nSPS) is 14.8. The van der Waals surface area contributed by atoms with E-state index in [9.17, 15) is 28.1 Å². The molecule has 172 valence electrons. The highest BCUT2D eigenvalue weighted by Gasteiger charge is 2.35. The second-order valence-corrected chi connectivity index (χ2v) is 8.32. The van der Waals surface area contributed by atoms with Crippen molar-refractivity contribution in [2.24, 2.45) is 5.92 Å². The number of piperidine rings is 1. The average Bonchev–Trinajstić information content (AvgIpc) is 3.27. The number of nitro groups is 1. The largest absolute Gasteiger partial charge is 0.416 e.